The van der Waals surface area contributed by atoms with Gasteiger partial charge in [-0.2, -0.15) is 18.3 Å². The molecule has 0 atom stereocenters. The van der Waals surface area contributed by atoms with Crippen molar-refractivity contribution in [2.45, 2.75) is 13.1 Å². The summed E-state index contributed by atoms with van der Waals surface area (Å²) in [5, 5.41) is 6.81. The lowest BCUT2D eigenvalue weighted by atomic mass is 10.1. The number of carbonyl (C=O) groups excluding carboxylic acids is 1. The van der Waals surface area contributed by atoms with Gasteiger partial charge in [-0.1, -0.05) is 12.1 Å². The third kappa shape index (κ3) is 5.61. The highest BCUT2D eigenvalue weighted by atomic mass is 19.4. The molecule has 0 aromatic heterocycles. The van der Waals surface area contributed by atoms with Gasteiger partial charge in [0.05, 0.1) is 11.3 Å². The van der Waals surface area contributed by atoms with Gasteiger partial charge in [-0.05, 0) is 36.8 Å². The number of hydrogen-bond donors (Lipinski definition) is 3. The average molecular weight is 381 g/mol. The molecule has 10 heteroatoms. The molecule has 2 rings (SSSR count). The van der Waals surface area contributed by atoms with Crippen LogP contribution in [0.2, 0.25) is 0 Å². The maximum atomic E-state index is 12.9. The molecule has 0 saturated carbocycles. The number of carbonyl (C=O) groups is 1. The summed E-state index contributed by atoms with van der Waals surface area (Å²) in [6, 6.07) is 10.0. The molecule has 0 aliphatic carbocycles. The number of anilines is 2. The van der Waals surface area contributed by atoms with Crippen LogP contribution in [0.5, 0.6) is 5.75 Å². The highest BCUT2D eigenvalue weighted by Crippen LogP contribution is 2.33. The second kappa shape index (κ2) is 8.41. The van der Waals surface area contributed by atoms with Crippen molar-refractivity contribution in [1.82, 2.24) is 0 Å². The van der Waals surface area contributed by atoms with E-state index in [1.165, 1.54) is 25.4 Å². The first-order chi connectivity index (χ1) is 12.7. The number of nitrogens with one attached hydrogen (secondary N) is 1. The summed E-state index contributed by atoms with van der Waals surface area (Å²) in [4.78, 5) is 12.0. The summed E-state index contributed by atoms with van der Waals surface area (Å²) in [5.41, 5.74) is -0.197. The van der Waals surface area contributed by atoms with E-state index in [0.717, 1.165) is 11.1 Å². The van der Waals surface area contributed by atoms with E-state index >= 15 is 0 Å². The summed E-state index contributed by atoms with van der Waals surface area (Å²) in [6.07, 6.45) is -3.32. The Morgan fingerprint density at radius 2 is 2.04 bits per heavy atom. The number of hydrazine groups is 1. The number of halogens is 3. The minimum Gasteiger partial charge on any atom is -0.484 e. The molecule has 0 saturated heterocycles. The van der Waals surface area contributed by atoms with Gasteiger partial charge in [0.25, 0.3) is 5.91 Å². The van der Waals surface area contributed by atoms with Crippen molar-refractivity contribution in [3.8, 4) is 5.75 Å². The molecule has 7 nitrogen and oxygen atoms in total. The summed E-state index contributed by atoms with van der Waals surface area (Å²) < 4.78 is 44.1. The van der Waals surface area contributed by atoms with Crippen LogP contribution in [-0.2, 0) is 11.0 Å². The molecule has 0 unspecified atom stereocenters. The Hall–Kier alpha value is -3.27. The normalized spacial score (nSPS) is 11.4. The molecule has 0 spiro atoms. The molecular formula is C17H18F3N5O2. The fourth-order valence-corrected chi connectivity index (χ4v) is 2.22. The number of hydrogen-bond acceptors (Lipinski definition) is 5. The highest BCUT2D eigenvalue weighted by molar-refractivity contribution is 5.92. The quantitative estimate of drug-likeness (QED) is 0.309. The standard InChI is InChI=1S/C17H18F3N5O2/c1-11-5-6-12(7-15(11)17(18,19)20)24-16(26)9-27-14-4-2-3-13(8-14)25(22)10-23-21/h2-8,10H,9,21-22H2,1H3,(H,24,26)/b23-10-. The summed E-state index contributed by atoms with van der Waals surface area (Å²) >= 11 is 0. The largest absolute Gasteiger partial charge is 0.484 e. The Morgan fingerprint density at radius 3 is 2.70 bits per heavy atom. The maximum absolute atomic E-state index is 12.9. The zero-order chi connectivity index (χ0) is 20.0. The monoisotopic (exact) mass is 381 g/mol. The lowest BCUT2D eigenvalue weighted by molar-refractivity contribution is -0.138. The van der Waals surface area contributed by atoms with Crippen molar-refractivity contribution < 1.29 is 22.7 Å². The van der Waals surface area contributed by atoms with E-state index in [9.17, 15) is 18.0 Å². The molecule has 2 aromatic rings. The number of rotatable bonds is 6. The number of ether oxygens (including phenoxy) is 1. The molecule has 0 heterocycles. The van der Waals surface area contributed by atoms with E-state index < -0.39 is 24.3 Å². The van der Waals surface area contributed by atoms with Crippen LogP contribution in [0.4, 0.5) is 24.5 Å². The Bertz CT molecular complexity index is 840. The predicted molar refractivity (Wildman–Crippen MR) is 96.1 cm³/mol. The first-order valence-electron chi connectivity index (χ1n) is 7.68. The summed E-state index contributed by atoms with van der Waals surface area (Å²) in [6.45, 7) is 0.953. The van der Waals surface area contributed by atoms with Crippen LogP contribution >= 0.6 is 0 Å². The van der Waals surface area contributed by atoms with Crippen molar-refractivity contribution in [3.05, 3.63) is 53.6 Å². The van der Waals surface area contributed by atoms with Crippen LogP contribution in [0.1, 0.15) is 11.1 Å². The number of hydrazone groups is 1. The first kappa shape index (κ1) is 20.0. The van der Waals surface area contributed by atoms with Crippen molar-refractivity contribution in [2.75, 3.05) is 16.9 Å². The fraction of sp³-hybridized carbons (Fsp3) is 0.176. The van der Waals surface area contributed by atoms with Crippen molar-refractivity contribution in [3.63, 3.8) is 0 Å². The number of nitrogens with zero attached hydrogens (tertiary/aromatic N) is 2. The van der Waals surface area contributed by atoms with Crippen LogP contribution in [0.3, 0.4) is 0 Å². The minimum atomic E-state index is -4.50. The Labute approximate surface area is 153 Å². The fourth-order valence-electron chi connectivity index (χ4n) is 2.22. The third-order valence-electron chi connectivity index (χ3n) is 3.50. The van der Waals surface area contributed by atoms with Gasteiger partial charge >= 0.3 is 6.18 Å². The molecule has 0 radical (unpaired) electrons. The zero-order valence-electron chi connectivity index (χ0n) is 14.3. The maximum Gasteiger partial charge on any atom is 0.416 e. The Morgan fingerprint density at radius 1 is 1.30 bits per heavy atom. The predicted octanol–water partition coefficient (Wildman–Crippen LogP) is 2.61. The molecule has 0 bridgehead atoms. The van der Waals surface area contributed by atoms with E-state index in [4.69, 9.17) is 16.4 Å². The molecule has 144 valence electrons. The first-order valence-corrected chi connectivity index (χ1v) is 7.68. The molecule has 27 heavy (non-hydrogen) atoms. The van der Waals surface area contributed by atoms with Crippen LogP contribution in [0, 0.1) is 6.92 Å². The molecule has 0 fully saturated rings. The molecule has 5 N–H and O–H groups in total. The number of alkyl halides is 3. The topological polar surface area (TPSA) is 106 Å². The number of aryl methyl sites for hydroxylation is 1. The van der Waals surface area contributed by atoms with Crippen LogP contribution < -0.4 is 26.7 Å². The molecule has 0 aliphatic rings. The van der Waals surface area contributed by atoms with E-state index in [0.29, 0.717) is 11.4 Å². The smallest absolute Gasteiger partial charge is 0.416 e. The molecule has 2 aromatic carbocycles. The van der Waals surface area contributed by atoms with Gasteiger partial charge in [0.2, 0.25) is 0 Å². The lowest BCUT2D eigenvalue weighted by Gasteiger charge is -2.14. The molecular weight excluding hydrogens is 363 g/mol. The third-order valence-corrected chi connectivity index (χ3v) is 3.50. The Balaban J connectivity index is 2.00. The molecule has 1 amide bonds. The van der Waals surface area contributed by atoms with E-state index in [-0.39, 0.29) is 11.3 Å². The average Bonchev–Trinajstić information content (AvgIpc) is 2.61. The van der Waals surface area contributed by atoms with Crippen LogP contribution in [0.25, 0.3) is 0 Å². The van der Waals surface area contributed by atoms with Gasteiger partial charge in [0, 0.05) is 11.8 Å². The van der Waals surface area contributed by atoms with Crippen LogP contribution in [0.15, 0.2) is 47.6 Å². The summed E-state index contributed by atoms with van der Waals surface area (Å²) in [5.74, 6) is 10.4. The Kier molecular flexibility index (Phi) is 6.24. The van der Waals surface area contributed by atoms with Gasteiger partial charge in [-0.15, -0.1) is 0 Å². The van der Waals surface area contributed by atoms with E-state index in [1.807, 2.05) is 0 Å². The molecule has 0 aliphatic heterocycles. The highest BCUT2D eigenvalue weighted by Gasteiger charge is 2.32. The van der Waals surface area contributed by atoms with Crippen molar-refractivity contribution >= 4 is 23.6 Å². The van der Waals surface area contributed by atoms with E-state index in [1.54, 1.807) is 24.3 Å². The van der Waals surface area contributed by atoms with Gasteiger partial charge in [0.1, 0.15) is 12.1 Å². The zero-order valence-corrected chi connectivity index (χ0v) is 14.3. The van der Waals surface area contributed by atoms with Gasteiger partial charge in [-0.3, -0.25) is 9.80 Å². The number of benzene rings is 2. The minimum absolute atomic E-state index is 0.0302. The SMILES string of the molecule is Cc1ccc(NC(=O)COc2cccc(N(N)/C=N\N)c2)cc1C(F)(F)F. The number of nitrogens with two attached hydrogens (primary N) is 2. The second-order valence-corrected chi connectivity index (χ2v) is 5.53. The summed E-state index contributed by atoms with van der Waals surface area (Å²) in [7, 11) is 0. The lowest BCUT2D eigenvalue weighted by Crippen LogP contribution is -2.29. The van der Waals surface area contributed by atoms with Gasteiger partial charge in [0.15, 0.2) is 6.61 Å². The van der Waals surface area contributed by atoms with Gasteiger partial charge in [-0.25, -0.2) is 5.84 Å². The second-order valence-electron chi connectivity index (χ2n) is 5.53. The van der Waals surface area contributed by atoms with Crippen LogP contribution in [-0.4, -0.2) is 18.9 Å². The number of amides is 1. The van der Waals surface area contributed by atoms with E-state index in [2.05, 4.69) is 10.4 Å². The van der Waals surface area contributed by atoms with Gasteiger partial charge < -0.3 is 15.9 Å². The van der Waals surface area contributed by atoms with Crippen molar-refractivity contribution in [1.29, 1.82) is 0 Å². The van der Waals surface area contributed by atoms with Crippen molar-refractivity contribution in [2.24, 2.45) is 16.8 Å².